The van der Waals surface area contributed by atoms with Crippen molar-refractivity contribution in [3.05, 3.63) is 71.8 Å². The van der Waals surface area contributed by atoms with Crippen LogP contribution in [0.4, 0.5) is 4.39 Å². The van der Waals surface area contributed by atoms with Crippen molar-refractivity contribution in [3.63, 3.8) is 0 Å². The topological polar surface area (TPSA) is 79.1 Å². The number of ether oxygens (including phenoxy) is 2. The van der Waals surface area contributed by atoms with Crippen LogP contribution < -0.4 is 4.74 Å². The molecule has 134 valence electrons. The molecule has 0 N–H and O–H groups in total. The zero-order chi connectivity index (χ0) is 18.4. The predicted molar refractivity (Wildman–Crippen MR) is 89.7 cm³/mol. The fourth-order valence-electron chi connectivity index (χ4n) is 2.48. The maximum atomic E-state index is 13.7. The minimum Gasteiger partial charge on any atom is -0.494 e. The molecule has 0 saturated carbocycles. The monoisotopic (exact) mass is 356 g/mol. The first-order valence-corrected chi connectivity index (χ1v) is 7.93. The molecule has 8 heteroatoms. The molecule has 0 fully saturated rings. The second-order valence-corrected chi connectivity index (χ2v) is 5.57. The Morgan fingerprint density at radius 2 is 2.00 bits per heavy atom. The highest BCUT2D eigenvalue weighted by Gasteiger charge is 2.24. The highest BCUT2D eigenvalue weighted by molar-refractivity contribution is 5.74. The Kier molecular flexibility index (Phi) is 5.52. The van der Waals surface area contributed by atoms with E-state index in [2.05, 4.69) is 15.5 Å². The van der Waals surface area contributed by atoms with Crippen LogP contribution in [0.3, 0.4) is 0 Å². The van der Waals surface area contributed by atoms with Gasteiger partial charge in [0.05, 0.1) is 7.11 Å². The number of hydrogen-bond donors (Lipinski definition) is 0. The predicted octanol–water partition coefficient (Wildman–Crippen LogP) is 2.35. The van der Waals surface area contributed by atoms with Crippen molar-refractivity contribution >= 4 is 5.97 Å². The summed E-state index contributed by atoms with van der Waals surface area (Å²) in [5.74, 6) is -0.879. The van der Waals surface area contributed by atoms with Gasteiger partial charge >= 0.3 is 5.97 Å². The summed E-state index contributed by atoms with van der Waals surface area (Å²) in [6.07, 6.45) is 1.74. The summed E-state index contributed by atoms with van der Waals surface area (Å²) in [4.78, 5) is 12.6. The molecule has 0 aliphatic heterocycles. The number of carbonyl (C=O) groups excluding carboxylic acids is 1. The maximum absolute atomic E-state index is 13.7. The second kappa shape index (κ2) is 8.19. The van der Waals surface area contributed by atoms with Crippen LogP contribution in [0.5, 0.6) is 5.75 Å². The van der Waals surface area contributed by atoms with Crippen molar-refractivity contribution in [2.24, 2.45) is 0 Å². The van der Waals surface area contributed by atoms with Gasteiger partial charge in [-0.1, -0.05) is 36.4 Å². The minimum absolute atomic E-state index is 0.0623. The normalized spacial score (nSPS) is 11.8. The summed E-state index contributed by atoms with van der Waals surface area (Å²) in [6.45, 7) is -0.0623. The highest BCUT2D eigenvalue weighted by Crippen LogP contribution is 2.20. The van der Waals surface area contributed by atoms with Crippen LogP contribution in [0.15, 0.2) is 54.9 Å². The zero-order valence-corrected chi connectivity index (χ0v) is 14.1. The van der Waals surface area contributed by atoms with Crippen LogP contribution in [0.2, 0.25) is 0 Å². The number of esters is 1. The molecule has 26 heavy (non-hydrogen) atoms. The van der Waals surface area contributed by atoms with E-state index in [1.54, 1.807) is 6.07 Å². The first kappa shape index (κ1) is 17.5. The summed E-state index contributed by atoms with van der Waals surface area (Å²) in [5.41, 5.74) is 1.47. The lowest BCUT2D eigenvalue weighted by Crippen LogP contribution is -2.24. The number of aromatic nitrogens is 4. The molecular formula is C18H17FN4O3. The molecule has 0 radical (unpaired) electrons. The second-order valence-electron chi connectivity index (χ2n) is 5.57. The summed E-state index contributed by atoms with van der Waals surface area (Å²) in [6, 6.07) is 13.2. The Morgan fingerprint density at radius 1 is 1.19 bits per heavy atom. The van der Waals surface area contributed by atoms with Gasteiger partial charge in [-0.2, -0.15) is 0 Å². The molecular weight excluding hydrogens is 339 g/mol. The number of halogens is 1. The van der Waals surface area contributed by atoms with Crippen molar-refractivity contribution in [2.45, 2.75) is 19.1 Å². The highest BCUT2D eigenvalue weighted by atomic mass is 19.1. The zero-order valence-electron chi connectivity index (χ0n) is 14.1. The van der Waals surface area contributed by atoms with Crippen LogP contribution in [-0.2, 0) is 22.6 Å². The largest absolute Gasteiger partial charge is 0.494 e. The summed E-state index contributed by atoms with van der Waals surface area (Å²) in [5, 5.41) is 11.0. The van der Waals surface area contributed by atoms with Gasteiger partial charge in [-0.05, 0) is 33.7 Å². The maximum Gasteiger partial charge on any atom is 0.331 e. The van der Waals surface area contributed by atoms with E-state index in [9.17, 15) is 9.18 Å². The summed E-state index contributed by atoms with van der Waals surface area (Å²) < 4.78 is 25.3. The van der Waals surface area contributed by atoms with Gasteiger partial charge < -0.3 is 9.47 Å². The van der Waals surface area contributed by atoms with Crippen molar-refractivity contribution in [3.8, 4) is 5.75 Å². The van der Waals surface area contributed by atoms with E-state index in [0.29, 0.717) is 12.0 Å². The Bertz CT molecular complexity index is 856. The van der Waals surface area contributed by atoms with E-state index in [1.165, 1.54) is 30.3 Å². The van der Waals surface area contributed by atoms with Gasteiger partial charge in [-0.3, -0.25) is 0 Å². The molecule has 7 nitrogen and oxygen atoms in total. The molecule has 0 aliphatic rings. The molecule has 3 rings (SSSR count). The smallest absolute Gasteiger partial charge is 0.331 e. The summed E-state index contributed by atoms with van der Waals surface area (Å²) in [7, 11) is 1.39. The number of tetrazole rings is 1. The minimum atomic E-state index is -0.713. The molecule has 1 atom stereocenters. The fourth-order valence-corrected chi connectivity index (χ4v) is 2.48. The number of nitrogens with zero attached hydrogens (tertiary/aromatic N) is 4. The Balaban J connectivity index is 1.70. The molecule has 0 saturated heterocycles. The fraction of sp³-hybridized carbons (Fsp3) is 0.222. The number of carbonyl (C=O) groups is 1. The van der Waals surface area contributed by atoms with Gasteiger partial charge in [-0.15, -0.1) is 5.10 Å². The molecule has 1 heterocycles. The molecule has 0 amide bonds. The Hall–Kier alpha value is -3.29. The van der Waals surface area contributed by atoms with Gasteiger partial charge in [0.25, 0.3) is 0 Å². The van der Waals surface area contributed by atoms with Crippen LogP contribution in [0, 0.1) is 5.82 Å². The number of rotatable bonds is 7. The van der Waals surface area contributed by atoms with Crippen LogP contribution in [0.1, 0.15) is 17.2 Å². The molecule has 1 aromatic heterocycles. The van der Waals surface area contributed by atoms with Crippen molar-refractivity contribution in [1.82, 2.24) is 20.2 Å². The van der Waals surface area contributed by atoms with E-state index < -0.39 is 17.8 Å². The van der Waals surface area contributed by atoms with Gasteiger partial charge in [0.15, 0.2) is 17.6 Å². The van der Waals surface area contributed by atoms with Crippen molar-refractivity contribution < 1.29 is 18.7 Å². The first-order valence-electron chi connectivity index (χ1n) is 7.93. The number of methoxy groups -OCH3 is 1. The SMILES string of the molecule is COc1ccc(COC(=O)[C@H](Cc2ccccc2)n2cnnn2)cc1F. The Labute approximate surface area is 149 Å². The van der Waals surface area contributed by atoms with E-state index in [-0.39, 0.29) is 12.4 Å². The number of benzene rings is 2. The molecule has 2 aromatic carbocycles. The molecule has 0 unspecified atom stereocenters. The molecule has 0 spiro atoms. The van der Waals surface area contributed by atoms with Crippen molar-refractivity contribution in [1.29, 1.82) is 0 Å². The quantitative estimate of drug-likeness (QED) is 0.605. The van der Waals surface area contributed by atoms with E-state index >= 15 is 0 Å². The third-order valence-corrected chi connectivity index (χ3v) is 3.83. The van der Waals surface area contributed by atoms with Crippen LogP contribution in [0.25, 0.3) is 0 Å². The van der Waals surface area contributed by atoms with E-state index in [0.717, 1.165) is 5.56 Å². The Morgan fingerprint density at radius 3 is 2.65 bits per heavy atom. The van der Waals surface area contributed by atoms with Crippen molar-refractivity contribution in [2.75, 3.05) is 7.11 Å². The molecule has 0 bridgehead atoms. The van der Waals surface area contributed by atoms with E-state index in [1.807, 2.05) is 30.3 Å². The average molecular weight is 356 g/mol. The van der Waals surface area contributed by atoms with Gasteiger partial charge in [0.1, 0.15) is 12.9 Å². The average Bonchev–Trinajstić information content (AvgIpc) is 3.19. The first-order chi connectivity index (χ1) is 12.7. The lowest BCUT2D eigenvalue weighted by molar-refractivity contribution is -0.149. The van der Waals surface area contributed by atoms with Gasteiger partial charge in [0.2, 0.25) is 0 Å². The third-order valence-electron chi connectivity index (χ3n) is 3.83. The summed E-state index contributed by atoms with van der Waals surface area (Å²) >= 11 is 0. The number of hydrogen-bond acceptors (Lipinski definition) is 6. The standard InChI is InChI=1S/C18H17FN4O3/c1-25-17-8-7-14(9-15(17)19)11-26-18(24)16(23-12-20-21-22-23)10-13-5-3-2-4-6-13/h2-9,12,16H,10-11H2,1H3/t16-/m0/s1. The van der Waals surface area contributed by atoms with Gasteiger partial charge in [-0.25, -0.2) is 13.9 Å². The third kappa shape index (κ3) is 4.21. The molecule has 0 aliphatic carbocycles. The lowest BCUT2D eigenvalue weighted by atomic mass is 10.1. The molecule has 3 aromatic rings. The lowest BCUT2D eigenvalue weighted by Gasteiger charge is -2.16. The van der Waals surface area contributed by atoms with Gasteiger partial charge in [0, 0.05) is 6.42 Å². The van der Waals surface area contributed by atoms with E-state index in [4.69, 9.17) is 9.47 Å². The van der Waals surface area contributed by atoms with Crippen LogP contribution in [-0.4, -0.2) is 33.3 Å². The van der Waals surface area contributed by atoms with Crippen LogP contribution >= 0.6 is 0 Å².